The van der Waals surface area contributed by atoms with E-state index in [-0.39, 0.29) is 5.97 Å². The van der Waals surface area contributed by atoms with Crippen LogP contribution in [0.15, 0.2) is 48.5 Å². The van der Waals surface area contributed by atoms with Gasteiger partial charge in [-0.15, -0.1) is 0 Å². The molecule has 2 aromatic rings. The molecule has 0 bridgehead atoms. The van der Waals surface area contributed by atoms with Gasteiger partial charge in [-0.1, -0.05) is 60.5 Å². The fourth-order valence-corrected chi connectivity index (χ4v) is 2.52. The van der Waals surface area contributed by atoms with Crippen LogP contribution < -0.4 is 0 Å². The lowest BCUT2D eigenvalue weighted by Gasteiger charge is -2.10. The summed E-state index contributed by atoms with van der Waals surface area (Å²) in [6.07, 6.45) is 2.45. The Bertz CT molecular complexity index is 719. The van der Waals surface area contributed by atoms with Crippen molar-refractivity contribution in [1.29, 1.82) is 0 Å². The summed E-state index contributed by atoms with van der Waals surface area (Å²) in [5, 5.41) is 0.927. The zero-order chi connectivity index (χ0) is 16.8. The van der Waals surface area contributed by atoms with Crippen molar-refractivity contribution < 1.29 is 9.53 Å². The second-order valence-corrected chi connectivity index (χ2v) is 5.80. The fourth-order valence-electron chi connectivity index (χ4n) is 2.22. The highest BCUT2D eigenvalue weighted by Crippen LogP contribution is 2.30. The van der Waals surface area contributed by atoms with E-state index in [0.29, 0.717) is 16.7 Å². The average molecular weight is 349 g/mol. The summed E-state index contributed by atoms with van der Waals surface area (Å²) in [5.41, 5.74) is 3.73. The number of carbonyl (C=O) groups is 1. The summed E-state index contributed by atoms with van der Waals surface area (Å²) in [5.74, 6) is -0.381. The number of halogens is 2. The first kappa shape index (κ1) is 17.6. The normalized spacial score (nSPS) is 11.4. The highest BCUT2D eigenvalue weighted by Gasteiger charge is 2.10. The van der Waals surface area contributed by atoms with Crippen molar-refractivity contribution in [2.24, 2.45) is 0 Å². The standard InChI is InChI=1S/C19H18Cl2O2/c1-3-13-5-7-14(8-6-13)16(12-19(22)23-4-2)15-9-10-17(20)18(21)11-15/h5-12H,3-4H2,1-2H3/b16-12-. The Kier molecular flexibility index (Phi) is 6.26. The minimum absolute atomic E-state index is 0.332. The molecule has 0 heterocycles. The number of hydrogen-bond acceptors (Lipinski definition) is 2. The SMILES string of the molecule is CCOC(=O)/C=C(/c1ccc(CC)cc1)c1ccc(Cl)c(Cl)c1. The largest absolute Gasteiger partial charge is 0.463 e. The second-order valence-electron chi connectivity index (χ2n) is 4.99. The molecule has 0 amide bonds. The van der Waals surface area contributed by atoms with E-state index in [2.05, 4.69) is 6.92 Å². The third kappa shape index (κ3) is 4.60. The number of aryl methyl sites for hydroxylation is 1. The number of benzene rings is 2. The van der Waals surface area contributed by atoms with Crippen LogP contribution in [0.25, 0.3) is 5.57 Å². The van der Waals surface area contributed by atoms with E-state index in [9.17, 15) is 4.79 Å². The molecular weight excluding hydrogens is 331 g/mol. The molecule has 0 aliphatic heterocycles. The highest BCUT2D eigenvalue weighted by molar-refractivity contribution is 6.42. The molecule has 0 aromatic heterocycles. The van der Waals surface area contributed by atoms with Crippen molar-refractivity contribution in [3.05, 3.63) is 75.3 Å². The first-order chi connectivity index (χ1) is 11.0. The molecule has 4 heteroatoms. The first-order valence-electron chi connectivity index (χ1n) is 7.48. The van der Waals surface area contributed by atoms with Gasteiger partial charge in [0, 0.05) is 6.08 Å². The van der Waals surface area contributed by atoms with Gasteiger partial charge in [0.2, 0.25) is 0 Å². The molecule has 0 unspecified atom stereocenters. The van der Waals surface area contributed by atoms with Crippen molar-refractivity contribution in [3.8, 4) is 0 Å². The number of hydrogen-bond donors (Lipinski definition) is 0. The van der Waals surface area contributed by atoms with Gasteiger partial charge in [0.1, 0.15) is 0 Å². The molecule has 0 aliphatic rings. The number of ether oxygens (including phenoxy) is 1. The van der Waals surface area contributed by atoms with Gasteiger partial charge in [-0.25, -0.2) is 4.79 Å². The Hall–Kier alpha value is -1.77. The van der Waals surface area contributed by atoms with Crippen LogP contribution in [0, 0.1) is 0 Å². The van der Waals surface area contributed by atoms with Crippen molar-refractivity contribution in [3.63, 3.8) is 0 Å². The maximum atomic E-state index is 11.9. The molecule has 0 aliphatic carbocycles. The fraction of sp³-hybridized carbons (Fsp3) is 0.211. The van der Waals surface area contributed by atoms with Crippen LogP contribution >= 0.6 is 23.2 Å². The Morgan fingerprint density at radius 1 is 1.00 bits per heavy atom. The van der Waals surface area contributed by atoms with Crippen molar-refractivity contribution >= 4 is 34.7 Å². The monoisotopic (exact) mass is 348 g/mol. The number of esters is 1. The van der Waals surface area contributed by atoms with Crippen LogP contribution in [-0.4, -0.2) is 12.6 Å². The first-order valence-corrected chi connectivity index (χ1v) is 8.24. The second kappa shape index (κ2) is 8.19. The van der Waals surface area contributed by atoms with Gasteiger partial charge in [-0.05, 0) is 47.7 Å². The summed E-state index contributed by atoms with van der Waals surface area (Å²) in [4.78, 5) is 11.9. The lowest BCUT2D eigenvalue weighted by Crippen LogP contribution is -2.02. The molecule has 0 radical (unpaired) electrons. The van der Waals surface area contributed by atoms with E-state index in [1.54, 1.807) is 19.1 Å². The molecule has 0 N–H and O–H groups in total. The Morgan fingerprint density at radius 3 is 2.22 bits per heavy atom. The van der Waals surface area contributed by atoms with Crippen molar-refractivity contribution in [1.82, 2.24) is 0 Å². The molecule has 0 saturated heterocycles. The van der Waals surface area contributed by atoms with Gasteiger partial charge in [0.15, 0.2) is 0 Å². The van der Waals surface area contributed by atoms with Crippen LogP contribution in [-0.2, 0) is 16.0 Å². The maximum Gasteiger partial charge on any atom is 0.331 e. The summed E-state index contributed by atoms with van der Waals surface area (Å²) in [6.45, 7) is 4.21. The minimum atomic E-state index is -0.381. The zero-order valence-electron chi connectivity index (χ0n) is 13.1. The third-order valence-corrected chi connectivity index (χ3v) is 4.19. The molecule has 2 rings (SSSR count). The average Bonchev–Trinajstić information content (AvgIpc) is 2.56. The zero-order valence-corrected chi connectivity index (χ0v) is 14.6. The summed E-state index contributed by atoms with van der Waals surface area (Å²) < 4.78 is 5.04. The van der Waals surface area contributed by atoms with E-state index >= 15 is 0 Å². The predicted molar refractivity (Wildman–Crippen MR) is 96.0 cm³/mol. The number of carbonyl (C=O) groups excluding carboxylic acids is 1. The Labute approximate surface area is 146 Å². The van der Waals surface area contributed by atoms with Gasteiger partial charge in [-0.2, -0.15) is 0 Å². The van der Waals surface area contributed by atoms with E-state index in [0.717, 1.165) is 23.1 Å². The van der Waals surface area contributed by atoms with Crippen molar-refractivity contribution in [2.75, 3.05) is 6.61 Å². The minimum Gasteiger partial charge on any atom is -0.463 e. The van der Waals surface area contributed by atoms with Gasteiger partial charge >= 0.3 is 5.97 Å². The molecule has 0 fully saturated rings. The molecular formula is C19H18Cl2O2. The van der Waals surface area contributed by atoms with Gasteiger partial charge in [-0.3, -0.25) is 0 Å². The number of rotatable bonds is 5. The van der Waals surface area contributed by atoms with E-state index in [4.69, 9.17) is 27.9 Å². The summed E-state index contributed by atoms with van der Waals surface area (Å²) >= 11 is 12.1. The van der Waals surface area contributed by atoms with E-state index < -0.39 is 0 Å². The molecule has 2 nitrogen and oxygen atoms in total. The van der Waals surface area contributed by atoms with Crippen molar-refractivity contribution in [2.45, 2.75) is 20.3 Å². The van der Waals surface area contributed by atoms with E-state index in [1.165, 1.54) is 11.6 Å². The van der Waals surface area contributed by atoms with Crippen LogP contribution in [0.3, 0.4) is 0 Å². The van der Waals surface area contributed by atoms with E-state index in [1.807, 2.05) is 30.3 Å². The lowest BCUT2D eigenvalue weighted by molar-refractivity contribution is -0.137. The van der Waals surface area contributed by atoms with Gasteiger partial charge < -0.3 is 4.74 Å². The summed E-state index contributed by atoms with van der Waals surface area (Å²) in [7, 11) is 0. The quantitative estimate of drug-likeness (QED) is 0.522. The van der Waals surface area contributed by atoms with Gasteiger partial charge in [0.05, 0.1) is 16.7 Å². The molecule has 0 atom stereocenters. The summed E-state index contributed by atoms with van der Waals surface area (Å²) in [6, 6.07) is 13.4. The topological polar surface area (TPSA) is 26.3 Å². The maximum absolute atomic E-state index is 11.9. The Morgan fingerprint density at radius 2 is 1.65 bits per heavy atom. The van der Waals surface area contributed by atoms with Gasteiger partial charge in [0.25, 0.3) is 0 Å². The molecule has 120 valence electrons. The van der Waals surface area contributed by atoms with Crippen LogP contribution in [0.2, 0.25) is 10.0 Å². The lowest BCUT2D eigenvalue weighted by atomic mass is 9.96. The third-order valence-electron chi connectivity index (χ3n) is 3.45. The predicted octanol–water partition coefficient (Wildman–Crippen LogP) is 5.55. The van der Waals surface area contributed by atoms with Crippen LogP contribution in [0.1, 0.15) is 30.5 Å². The molecule has 0 saturated carbocycles. The van der Waals surface area contributed by atoms with Crippen LogP contribution in [0.4, 0.5) is 0 Å². The Balaban J connectivity index is 2.50. The molecule has 23 heavy (non-hydrogen) atoms. The molecule has 0 spiro atoms. The van der Waals surface area contributed by atoms with Crippen LogP contribution in [0.5, 0.6) is 0 Å². The highest BCUT2D eigenvalue weighted by atomic mass is 35.5. The smallest absolute Gasteiger partial charge is 0.331 e. The molecule has 2 aromatic carbocycles.